The lowest BCUT2D eigenvalue weighted by Crippen LogP contribution is -2.22. The summed E-state index contributed by atoms with van der Waals surface area (Å²) in [6.07, 6.45) is 0. The summed E-state index contributed by atoms with van der Waals surface area (Å²) >= 11 is 0. The third-order valence-electron chi connectivity index (χ3n) is 4.30. The van der Waals surface area contributed by atoms with Crippen molar-refractivity contribution in [2.24, 2.45) is 7.05 Å². The second-order valence-electron chi connectivity index (χ2n) is 5.97. The van der Waals surface area contributed by atoms with Crippen molar-refractivity contribution in [3.8, 4) is 5.88 Å². The summed E-state index contributed by atoms with van der Waals surface area (Å²) in [5.74, 6) is 0.510. The zero-order valence-corrected chi connectivity index (χ0v) is 14.7. The highest BCUT2D eigenvalue weighted by Crippen LogP contribution is 2.26. The Bertz CT molecular complexity index is 828. The highest BCUT2D eigenvalue weighted by Gasteiger charge is 2.18. The number of nitrogens with zero attached hydrogens (tertiary/aromatic N) is 2. The van der Waals surface area contributed by atoms with E-state index in [9.17, 15) is 4.39 Å². The molecular weight excluding hydrogens is 317 g/mol. The molecule has 0 amide bonds. The molecule has 2 aromatic carbocycles. The molecule has 3 rings (SSSR count). The lowest BCUT2D eigenvalue weighted by molar-refractivity contribution is 0.367. The number of aromatic nitrogens is 2. The Morgan fingerprint density at radius 2 is 1.72 bits per heavy atom. The Morgan fingerprint density at radius 3 is 2.36 bits per heavy atom. The Kier molecular flexibility index (Phi) is 5.14. The van der Waals surface area contributed by atoms with Crippen LogP contribution >= 0.6 is 0 Å². The number of methoxy groups -OCH3 is 1. The first-order valence-electron chi connectivity index (χ1n) is 8.20. The average Bonchev–Trinajstić information content (AvgIpc) is 2.90. The minimum atomic E-state index is -0.236. The van der Waals surface area contributed by atoms with Crippen LogP contribution in [0.2, 0.25) is 0 Å². The number of aryl methyl sites for hydroxylation is 2. The van der Waals surface area contributed by atoms with Gasteiger partial charge in [0.05, 0.1) is 24.4 Å². The largest absolute Gasteiger partial charge is 0.481 e. The predicted octanol–water partition coefficient (Wildman–Crippen LogP) is 3.76. The van der Waals surface area contributed by atoms with Gasteiger partial charge in [0.2, 0.25) is 5.88 Å². The maximum atomic E-state index is 13.3. The highest BCUT2D eigenvalue weighted by atomic mass is 19.1. The fourth-order valence-corrected chi connectivity index (χ4v) is 3.07. The Labute approximate surface area is 147 Å². The molecule has 0 radical (unpaired) electrons. The average molecular weight is 339 g/mol. The molecule has 1 atom stereocenters. The molecule has 4 nitrogen and oxygen atoms in total. The summed E-state index contributed by atoms with van der Waals surface area (Å²) in [5.41, 5.74) is 4.08. The van der Waals surface area contributed by atoms with E-state index in [1.165, 1.54) is 12.1 Å². The molecule has 0 unspecified atom stereocenters. The Balaban J connectivity index is 1.90. The zero-order valence-electron chi connectivity index (χ0n) is 14.7. The number of rotatable bonds is 6. The highest BCUT2D eigenvalue weighted by molar-refractivity contribution is 5.34. The molecule has 0 saturated heterocycles. The van der Waals surface area contributed by atoms with Gasteiger partial charge in [-0.25, -0.2) is 9.07 Å². The second kappa shape index (κ2) is 7.49. The van der Waals surface area contributed by atoms with Crippen LogP contribution in [0, 0.1) is 12.7 Å². The van der Waals surface area contributed by atoms with E-state index in [1.807, 2.05) is 44.3 Å². The molecule has 0 spiro atoms. The van der Waals surface area contributed by atoms with Crippen molar-refractivity contribution in [3.63, 3.8) is 0 Å². The van der Waals surface area contributed by atoms with Gasteiger partial charge in [0, 0.05) is 13.6 Å². The maximum absolute atomic E-state index is 13.3. The topological polar surface area (TPSA) is 39.1 Å². The van der Waals surface area contributed by atoms with Crippen molar-refractivity contribution in [3.05, 3.63) is 82.8 Å². The van der Waals surface area contributed by atoms with Crippen molar-refractivity contribution in [1.29, 1.82) is 0 Å². The molecule has 0 saturated carbocycles. The van der Waals surface area contributed by atoms with Gasteiger partial charge in [-0.1, -0.05) is 42.5 Å². The number of halogens is 1. The van der Waals surface area contributed by atoms with E-state index in [0.29, 0.717) is 6.54 Å². The molecule has 0 bridgehead atoms. The first-order chi connectivity index (χ1) is 12.1. The summed E-state index contributed by atoms with van der Waals surface area (Å²) < 4.78 is 20.5. The van der Waals surface area contributed by atoms with Gasteiger partial charge in [-0.2, -0.15) is 5.10 Å². The number of ether oxygens (including phenoxy) is 1. The van der Waals surface area contributed by atoms with Gasteiger partial charge in [-0.05, 0) is 30.2 Å². The number of benzene rings is 2. The van der Waals surface area contributed by atoms with Crippen LogP contribution in [0.4, 0.5) is 4.39 Å². The number of nitrogens with one attached hydrogen (secondary N) is 1. The van der Waals surface area contributed by atoms with Crippen LogP contribution in [-0.2, 0) is 13.6 Å². The summed E-state index contributed by atoms with van der Waals surface area (Å²) in [4.78, 5) is 0. The van der Waals surface area contributed by atoms with Crippen LogP contribution in [-0.4, -0.2) is 16.9 Å². The van der Waals surface area contributed by atoms with Crippen molar-refractivity contribution in [2.45, 2.75) is 19.5 Å². The van der Waals surface area contributed by atoms with E-state index in [0.717, 1.165) is 28.3 Å². The summed E-state index contributed by atoms with van der Waals surface area (Å²) in [6, 6.07) is 16.7. The van der Waals surface area contributed by atoms with Gasteiger partial charge in [0.25, 0.3) is 0 Å². The number of hydrogen-bond donors (Lipinski definition) is 1. The quantitative estimate of drug-likeness (QED) is 0.743. The standard InChI is InChI=1S/C20H22FN3O/c1-14-18(20(25-3)24(2)23-14)13-22-19(15-7-5-4-6-8-15)16-9-11-17(21)12-10-16/h4-12,19,22H,13H2,1-3H3/t19-/m0/s1. The molecule has 25 heavy (non-hydrogen) atoms. The normalized spacial score (nSPS) is 12.2. The third kappa shape index (κ3) is 3.72. The lowest BCUT2D eigenvalue weighted by Gasteiger charge is -2.20. The van der Waals surface area contributed by atoms with Gasteiger partial charge in [-0.3, -0.25) is 0 Å². The van der Waals surface area contributed by atoms with Crippen LogP contribution in [0.3, 0.4) is 0 Å². The SMILES string of the molecule is COc1c(CN[C@@H](c2ccccc2)c2ccc(F)cc2)c(C)nn1C. The van der Waals surface area contributed by atoms with Crippen LogP contribution in [0.25, 0.3) is 0 Å². The molecule has 1 N–H and O–H groups in total. The smallest absolute Gasteiger partial charge is 0.216 e. The Morgan fingerprint density at radius 1 is 1.08 bits per heavy atom. The van der Waals surface area contributed by atoms with Crippen LogP contribution in [0.15, 0.2) is 54.6 Å². The van der Waals surface area contributed by atoms with Gasteiger partial charge < -0.3 is 10.1 Å². The van der Waals surface area contributed by atoms with Crippen LogP contribution in [0.5, 0.6) is 5.88 Å². The van der Waals surface area contributed by atoms with E-state index >= 15 is 0 Å². The maximum Gasteiger partial charge on any atom is 0.216 e. The van der Waals surface area contributed by atoms with Gasteiger partial charge in [-0.15, -0.1) is 0 Å². The van der Waals surface area contributed by atoms with E-state index in [4.69, 9.17) is 4.74 Å². The van der Waals surface area contributed by atoms with Gasteiger partial charge in [0.15, 0.2) is 0 Å². The fraction of sp³-hybridized carbons (Fsp3) is 0.250. The molecule has 5 heteroatoms. The molecule has 3 aromatic rings. The minimum Gasteiger partial charge on any atom is -0.481 e. The van der Waals surface area contributed by atoms with Crippen LogP contribution in [0.1, 0.15) is 28.4 Å². The molecule has 130 valence electrons. The fourth-order valence-electron chi connectivity index (χ4n) is 3.07. The van der Waals surface area contributed by atoms with Gasteiger partial charge >= 0.3 is 0 Å². The molecule has 0 aliphatic rings. The molecule has 0 aliphatic heterocycles. The summed E-state index contributed by atoms with van der Waals surface area (Å²) in [7, 11) is 3.51. The van der Waals surface area contributed by atoms with Crippen molar-refractivity contribution in [1.82, 2.24) is 15.1 Å². The van der Waals surface area contributed by atoms with Gasteiger partial charge in [0.1, 0.15) is 5.82 Å². The van der Waals surface area contributed by atoms with E-state index < -0.39 is 0 Å². The zero-order chi connectivity index (χ0) is 17.8. The van der Waals surface area contributed by atoms with E-state index in [-0.39, 0.29) is 11.9 Å². The minimum absolute atomic E-state index is 0.0499. The van der Waals surface area contributed by atoms with Crippen molar-refractivity contribution >= 4 is 0 Å². The molecular formula is C20H22FN3O. The third-order valence-corrected chi connectivity index (χ3v) is 4.30. The molecule has 0 fully saturated rings. The summed E-state index contributed by atoms with van der Waals surface area (Å²) in [5, 5.41) is 7.98. The number of hydrogen-bond acceptors (Lipinski definition) is 3. The lowest BCUT2D eigenvalue weighted by atomic mass is 9.98. The van der Waals surface area contributed by atoms with E-state index in [2.05, 4.69) is 22.5 Å². The molecule has 1 aromatic heterocycles. The Hall–Kier alpha value is -2.66. The van der Waals surface area contributed by atoms with Crippen LogP contribution < -0.4 is 10.1 Å². The summed E-state index contributed by atoms with van der Waals surface area (Å²) in [6.45, 7) is 2.56. The van der Waals surface area contributed by atoms with E-state index in [1.54, 1.807) is 11.8 Å². The predicted molar refractivity (Wildman–Crippen MR) is 96.0 cm³/mol. The first kappa shape index (κ1) is 17.2. The second-order valence-corrected chi connectivity index (χ2v) is 5.97. The van der Waals surface area contributed by atoms with Crippen molar-refractivity contribution in [2.75, 3.05) is 7.11 Å². The molecule has 0 aliphatic carbocycles. The van der Waals surface area contributed by atoms with Crippen molar-refractivity contribution < 1.29 is 9.13 Å². The first-order valence-corrected chi connectivity index (χ1v) is 8.20. The monoisotopic (exact) mass is 339 g/mol. The molecule has 1 heterocycles.